The van der Waals surface area contributed by atoms with Crippen molar-refractivity contribution >= 4 is 27.3 Å². The van der Waals surface area contributed by atoms with Gasteiger partial charge in [0.05, 0.1) is 6.04 Å². The molecule has 0 saturated carbocycles. The molecule has 0 amide bonds. The zero-order valence-corrected chi connectivity index (χ0v) is 12.9. The van der Waals surface area contributed by atoms with E-state index in [4.69, 9.17) is 9.47 Å². The summed E-state index contributed by atoms with van der Waals surface area (Å²) in [5.74, 6) is 1.63. The van der Waals surface area contributed by atoms with Gasteiger partial charge in [0.1, 0.15) is 13.2 Å². The van der Waals surface area contributed by atoms with Crippen molar-refractivity contribution in [2.75, 3.05) is 20.3 Å². The molecule has 1 aromatic heterocycles. The van der Waals surface area contributed by atoms with E-state index in [1.165, 1.54) is 5.56 Å². The Morgan fingerprint density at radius 1 is 1.26 bits per heavy atom. The Balaban J connectivity index is 2.04. The molecule has 0 saturated heterocycles. The highest BCUT2D eigenvalue weighted by Gasteiger charge is 2.20. The summed E-state index contributed by atoms with van der Waals surface area (Å²) >= 11 is 5.33. The molecular weight excluding hydrogens is 326 g/mol. The van der Waals surface area contributed by atoms with Gasteiger partial charge < -0.3 is 14.8 Å². The van der Waals surface area contributed by atoms with Gasteiger partial charge in [0, 0.05) is 4.47 Å². The second-order valence-electron chi connectivity index (χ2n) is 4.30. The van der Waals surface area contributed by atoms with E-state index in [2.05, 4.69) is 44.1 Å². The Morgan fingerprint density at radius 3 is 2.63 bits per heavy atom. The summed E-state index contributed by atoms with van der Waals surface area (Å²) in [5, 5.41) is 7.59. The molecule has 5 heteroatoms. The summed E-state index contributed by atoms with van der Waals surface area (Å²) in [6.45, 7) is 1.22. The number of benzene rings is 1. The molecule has 0 bridgehead atoms. The molecule has 2 heterocycles. The zero-order chi connectivity index (χ0) is 13.2. The van der Waals surface area contributed by atoms with Crippen LogP contribution in [0.2, 0.25) is 0 Å². The lowest BCUT2D eigenvalue weighted by molar-refractivity contribution is 0.171. The first-order valence-electron chi connectivity index (χ1n) is 6.08. The Morgan fingerprint density at radius 2 is 2.00 bits per heavy atom. The molecule has 3 rings (SSSR count). The minimum atomic E-state index is 0.149. The number of hydrogen-bond donors (Lipinski definition) is 1. The molecule has 1 unspecified atom stereocenters. The van der Waals surface area contributed by atoms with E-state index in [9.17, 15) is 0 Å². The SMILES string of the molecule is CNC(c1ccsc1)c1cc2c(cc1Br)OCCO2. The van der Waals surface area contributed by atoms with Gasteiger partial charge in [-0.25, -0.2) is 0 Å². The fraction of sp³-hybridized carbons (Fsp3) is 0.286. The van der Waals surface area contributed by atoms with Crippen LogP contribution in [0.4, 0.5) is 0 Å². The van der Waals surface area contributed by atoms with Crippen LogP contribution in [0.1, 0.15) is 17.2 Å². The van der Waals surface area contributed by atoms with Crippen LogP contribution < -0.4 is 14.8 Å². The largest absolute Gasteiger partial charge is 0.486 e. The predicted molar refractivity (Wildman–Crippen MR) is 80.4 cm³/mol. The summed E-state index contributed by atoms with van der Waals surface area (Å²) in [6.07, 6.45) is 0. The minimum Gasteiger partial charge on any atom is -0.486 e. The maximum atomic E-state index is 5.66. The van der Waals surface area contributed by atoms with Gasteiger partial charge in [-0.2, -0.15) is 11.3 Å². The topological polar surface area (TPSA) is 30.5 Å². The molecule has 2 aromatic rings. The second-order valence-corrected chi connectivity index (χ2v) is 5.93. The summed E-state index contributed by atoms with van der Waals surface area (Å²) in [4.78, 5) is 0. The smallest absolute Gasteiger partial charge is 0.162 e. The van der Waals surface area contributed by atoms with Crippen molar-refractivity contribution in [2.45, 2.75) is 6.04 Å². The van der Waals surface area contributed by atoms with Crippen molar-refractivity contribution in [2.24, 2.45) is 0 Å². The summed E-state index contributed by atoms with van der Waals surface area (Å²) in [7, 11) is 1.96. The first-order valence-corrected chi connectivity index (χ1v) is 7.81. The number of ether oxygens (including phenoxy) is 2. The number of halogens is 1. The average Bonchev–Trinajstić information content (AvgIpc) is 2.94. The van der Waals surface area contributed by atoms with Crippen LogP contribution in [0.15, 0.2) is 33.4 Å². The van der Waals surface area contributed by atoms with Crippen LogP contribution in [0.5, 0.6) is 11.5 Å². The van der Waals surface area contributed by atoms with Crippen LogP contribution in [-0.4, -0.2) is 20.3 Å². The van der Waals surface area contributed by atoms with Gasteiger partial charge in [0.15, 0.2) is 11.5 Å². The van der Waals surface area contributed by atoms with E-state index in [0.29, 0.717) is 13.2 Å². The van der Waals surface area contributed by atoms with Gasteiger partial charge in [-0.05, 0) is 47.1 Å². The molecule has 1 aliphatic heterocycles. The Bertz CT molecular complexity index is 571. The van der Waals surface area contributed by atoms with E-state index < -0.39 is 0 Å². The van der Waals surface area contributed by atoms with E-state index >= 15 is 0 Å². The molecule has 1 atom stereocenters. The van der Waals surface area contributed by atoms with Gasteiger partial charge >= 0.3 is 0 Å². The lowest BCUT2D eigenvalue weighted by Gasteiger charge is -2.23. The quantitative estimate of drug-likeness (QED) is 0.926. The molecule has 0 aliphatic carbocycles. The molecule has 0 radical (unpaired) electrons. The van der Waals surface area contributed by atoms with Crippen molar-refractivity contribution in [1.82, 2.24) is 5.32 Å². The van der Waals surface area contributed by atoms with Crippen LogP contribution >= 0.6 is 27.3 Å². The monoisotopic (exact) mass is 339 g/mol. The lowest BCUT2D eigenvalue weighted by atomic mass is 10.0. The molecule has 1 aromatic carbocycles. The molecule has 0 spiro atoms. The molecule has 19 heavy (non-hydrogen) atoms. The molecule has 0 fully saturated rings. The average molecular weight is 340 g/mol. The van der Waals surface area contributed by atoms with Crippen molar-refractivity contribution in [3.05, 3.63) is 44.6 Å². The van der Waals surface area contributed by atoms with Crippen LogP contribution in [0.25, 0.3) is 0 Å². The standard InChI is InChI=1S/C14H14BrNO2S/c1-16-14(9-2-5-19-8-9)10-6-12-13(7-11(10)15)18-4-3-17-12/h2,5-8,14,16H,3-4H2,1H3. The van der Waals surface area contributed by atoms with Crippen LogP contribution in [0, 0.1) is 0 Å². The van der Waals surface area contributed by atoms with Gasteiger partial charge in [-0.1, -0.05) is 15.9 Å². The third-order valence-electron chi connectivity index (χ3n) is 3.14. The fourth-order valence-electron chi connectivity index (χ4n) is 2.24. The van der Waals surface area contributed by atoms with Crippen LogP contribution in [-0.2, 0) is 0 Å². The molecule has 3 nitrogen and oxygen atoms in total. The number of fused-ring (bicyclic) bond motifs is 1. The fourth-order valence-corrected chi connectivity index (χ4v) is 3.48. The zero-order valence-electron chi connectivity index (χ0n) is 10.5. The minimum absolute atomic E-state index is 0.149. The second kappa shape index (κ2) is 5.53. The van der Waals surface area contributed by atoms with Crippen molar-refractivity contribution in [1.29, 1.82) is 0 Å². The molecule has 1 N–H and O–H groups in total. The number of hydrogen-bond acceptors (Lipinski definition) is 4. The Hall–Kier alpha value is -1.04. The first-order chi connectivity index (χ1) is 9.29. The highest BCUT2D eigenvalue weighted by atomic mass is 79.9. The van der Waals surface area contributed by atoms with Crippen molar-refractivity contribution in [3.8, 4) is 11.5 Å². The van der Waals surface area contributed by atoms with E-state index in [0.717, 1.165) is 21.5 Å². The molecule has 1 aliphatic rings. The van der Waals surface area contributed by atoms with Crippen molar-refractivity contribution < 1.29 is 9.47 Å². The molecule has 100 valence electrons. The summed E-state index contributed by atoms with van der Waals surface area (Å²) in [5.41, 5.74) is 2.41. The third-order valence-corrected chi connectivity index (χ3v) is 4.53. The lowest BCUT2D eigenvalue weighted by Crippen LogP contribution is -2.19. The van der Waals surface area contributed by atoms with Crippen molar-refractivity contribution in [3.63, 3.8) is 0 Å². The highest BCUT2D eigenvalue weighted by molar-refractivity contribution is 9.10. The predicted octanol–water partition coefficient (Wildman–Crippen LogP) is 3.59. The Labute approximate surface area is 124 Å². The van der Waals surface area contributed by atoms with Crippen LogP contribution in [0.3, 0.4) is 0 Å². The Kier molecular flexibility index (Phi) is 3.77. The van der Waals surface area contributed by atoms with E-state index in [1.807, 2.05) is 13.1 Å². The van der Waals surface area contributed by atoms with Gasteiger partial charge in [0.2, 0.25) is 0 Å². The highest BCUT2D eigenvalue weighted by Crippen LogP contribution is 2.39. The first kappa shape index (κ1) is 13.0. The maximum absolute atomic E-state index is 5.66. The number of nitrogens with one attached hydrogen (secondary N) is 1. The van der Waals surface area contributed by atoms with Gasteiger partial charge in [-0.3, -0.25) is 0 Å². The number of thiophene rings is 1. The van der Waals surface area contributed by atoms with E-state index in [1.54, 1.807) is 11.3 Å². The molecular formula is C14H14BrNO2S. The summed E-state index contributed by atoms with van der Waals surface area (Å²) < 4.78 is 12.3. The van der Waals surface area contributed by atoms with Gasteiger partial charge in [0.25, 0.3) is 0 Å². The number of rotatable bonds is 3. The third kappa shape index (κ3) is 2.50. The maximum Gasteiger partial charge on any atom is 0.162 e. The van der Waals surface area contributed by atoms with E-state index in [-0.39, 0.29) is 6.04 Å². The van der Waals surface area contributed by atoms with Gasteiger partial charge in [-0.15, -0.1) is 0 Å². The normalized spacial score (nSPS) is 15.3. The summed E-state index contributed by atoms with van der Waals surface area (Å²) in [6, 6.07) is 6.32.